The molecule has 2 N–H and O–H groups in total. The molecule has 0 bridgehead atoms. The average molecular weight is 358 g/mol. The van der Waals surface area contributed by atoms with Crippen LogP contribution in [0.25, 0.3) is 0 Å². The van der Waals surface area contributed by atoms with Crippen LogP contribution in [0.2, 0.25) is 0 Å². The van der Waals surface area contributed by atoms with Crippen LogP contribution in [0.4, 0.5) is 30.4 Å². The zero-order valence-corrected chi connectivity index (χ0v) is 13.3. The zero-order chi connectivity index (χ0) is 18.6. The molecule has 0 fully saturated rings. The predicted molar refractivity (Wildman–Crippen MR) is 91.2 cm³/mol. The summed E-state index contributed by atoms with van der Waals surface area (Å²) in [5.74, 6) is -0.247. The standard InChI is InChI=1S/C18H13F3N4O/c19-18(20,21)12-5-4-8-14(9-12)25-17(26)15-10-16(23-11-22-15)24-13-6-2-1-3-7-13/h1-11H,(H,25,26)(H,22,23,24). The summed E-state index contributed by atoms with van der Waals surface area (Å²) in [6, 6.07) is 15.0. The Bertz CT molecular complexity index is 914. The fourth-order valence-corrected chi connectivity index (χ4v) is 2.19. The molecular weight excluding hydrogens is 345 g/mol. The first kappa shape index (κ1) is 17.4. The van der Waals surface area contributed by atoms with Crippen molar-refractivity contribution in [2.45, 2.75) is 6.18 Å². The molecule has 1 amide bonds. The Balaban J connectivity index is 1.75. The van der Waals surface area contributed by atoms with E-state index in [0.29, 0.717) is 5.82 Å². The first-order valence-corrected chi connectivity index (χ1v) is 7.54. The molecule has 0 saturated carbocycles. The second-order valence-electron chi connectivity index (χ2n) is 5.31. The molecule has 3 aromatic rings. The highest BCUT2D eigenvalue weighted by atomic mass is 19.4. The Morgan fingerprint density at radius 3 is 2.35 bits per heavy atom. The number of hydrogen-bond acceptors (Lipinski definition) is 4. The Hall–Kier alpha value is -3.42. The summed E-state index contributed by atoms with van der Waals surface area (Å²) in [4.78, 5) is 20.2. The molecule has 0 aliphatic rings. The van der Waals surface area contributed by atoms with Gasteiger partial charge in [0.15, 0.2) is 0 Å². The monoisotopic (exact) mass is 358 g/mol. The molecule has 0 atom stereocenters. The van der Waals surface area contributed by atoms with Crippen molar-refractivity contribution in [3.63, 3.8) is 0 Å². The Labute approximate surface area is 146 Å². The molecule has 0 radical (unpaired) electrons. The number of carbonyl (C=O) groups excluding carboxylic acids is 1. The fourth-order valence-electron chi connectivity index (χ4n) is 2.19. The Kier molecular flexibility index (Phi) is 4.83. The summed E-state index contributed by atoms with van der Waals surface area (Å²) < 4.78 is 38.2. The third-order valence-corrected chi connectivity index (χ3v) is 3.39. The molecule has 8 heteroatoms. The molecular formula is C18H13F3N4O. The molecule has 132 valence electrons. The minimum Gasteiger partial charge on any atom is -0.340 e. The van der Waals surface area contributed by atoms with E-state index in [0.717, 1.165) is 17.8 Å². The van der Waals surface area contributed by atoms with Gasteiger partial charge in [0.1, 0.15) is 17.8 Å². The minimum atomic E-state index is -4.48. The van der Waals surface area contributed by atoms with Gasteiger partial charge in [-0.1, -0.05) is 24.3 Å². The van der Waals surface area contributed by atoms with Crippen LogP contribution in [0, 0.1) is 0 Å². The summed E-state index contributed by atoms with van der Waals surface area (Å²) in [6.07, 6.45) is -3.28. The van der Waals surface area contributed by atoms with Crippen molar-refractivity contribution in [1.29, 1.82) is 0 Å². The molecule has 2 aromatic carbocycles. The summed E-state index contributed by atoms with van der Waals surface area (Å²) in [6.45, 7) is 0. The molecule has 0 saturated heterocycles. The maximum atomic E-state index is 12.7. The van der Waals surface area contributed by atoms with Gasteiger partial charge in [0.05, 0.1) is 5.56 Å². The maximum Gasteiger partial charge on any atom is 0.416 e. The van der Waals surface area contributed by atoms with E-state index < -0.39 is 17.6 Å². The number of aromatic nitrogens is 2. The molecule has 0 spiro atoms. The maximum absolute atomic E-state index is 12.7. The second kappa shape index (κ2) is 7.22. The number of anilines is 3. The SMILES string of the molecule is O=C(Nc1cccc(C(F)(F)F)c1)c1cc(Nc2ccccc2)ncn1. The summed E-state index contributed by atoms with van der Waals surface area (Å²) in [5, 5.41) is 5.42. The third kappa shape index (κ3) is 4.35. The Morgan fingerprint density at radius 1 is 0.885 bits per heavy atom. The van der Waals surface area contributed by atoms with Crippen molar-refractivity contribution in [2.75, 3.05) is 10.6 Å². The van der Waals surface area contributed by atoms with Crippen LogP contribution in [-0.4, -0.2) is 15.9 Å². The van der Waals surface area contributed by atoms with Gasteiger partial charge in [-0.2, -0.15) is 13.2 Å². The van der Waals surface area contributed by atoms with Crippen molar-refractivity contribution in [1.82, 2.24) is 9.97 Å². The average Bonchev–Trinajstić information content (AvgIpc) is 2.62. The number of benzene rings is 2. The van der Waals surface area contributed by atoms with Crippen molar-refractivity contribution < 1.29 is 18.0 Å². The van der Waals surface area contributed by atoms with E-state index in [4.69, 9.17) is 0 Å². The first-order chi connectivity index (χ1) is 12.4. The van der Waals surface area contributed by atoms with Gasteiger partial charge in [-0.15, -0.1) is 0 Å². The van der Waals surface area contributed by atoms with Gasteiger partial charge in [0.25, 0.3) is 5.91 Å². The third-order valence-electron chi connectivity index (χ3n) is 3.39. The second-order valence-corrected chi connectivity index (χ2v) is 5.31. The zero-order valence-electron chi connectivity index (χ0n) is 13.3. The van der Waals surface area contributed by atoms with Gasteiger partial charge >= 0.3 is 6.18 Å². The number of nitrogens with zero attached hydrogens (tertiary/aromatic N) is 2. The van der Waals surface area contributed by atoms with Crippen LogP contribution in [0.3, 0.4) is 0 Å². The van der Waals surface area contributed by atoms with Crippen LogP contribution < -0.4 is 10.6 Å². The van der Waals surface area contributed by atoms with Crippen LogP contribution in [0.1, 0.15) is 16.1 Å². The lowest BCUT2D eigenvalue weighted by Gasteiger charge is -2.10. The lowest BCUT2D eigenvalue weighted by atomic mass is 10.2. The van der Waals surface area contributed by atoms with E-state index in [1.165, 1.54) is 24.5 Å². The fraction of sp³-hybridized carbons (Fsp3) is 0.0556. The van der Waals surface area contributed by atoms with Gasteiger partial charge in [-0.25, -0.2) is 9.97 Å². The van der Waals surface area contributed by atoms with Crippen molar-refractivity contribution >= 4 is 23.1 Å². The van der Waals surface area contributed by atoms with Gasteiger partial charge in [-0.05, 0) is 30.3 Å². The van der Waals surface area contributed by atoms with Gasteiger partial charge in [-0.3, -0.25) is 4.79 Å². The van der Waals surface area contributed by atoms with E-state index in [2.05, 4.69) is 20.6 Å². The number of para-hydroxylation sites is 1. The first-order valence-electron chi connectivity index (χ1n) is 7.54. The lowest BCUT2D eigenvalue weighted by molar-refractivity contribution is -0.137. The van der Waals surface area contributed by atoms with E-state index >= 15 is 0 Å². The quantitative estimate of drug-likeness (QED) is 0.721. The summed E-state index contributed by atoms with van der Waals surface area (Å²) >= 11 is 0. The highest BCUT2D eigenvalue weighted by Crippen LogP contribution is 2.30. The molecule has 1 aromatic heterocycles. The number of amides is 1. The largest absolute Gasteiger partial charge is 0.416 e. The van der Waals surface area contributed by atoms with Gasteiger partial charge in [0, 0.05) is 17.4 Å². The van der Waals surface area contributed by atoms with E-state index in [1.807, 2.05) is 30.3 Å². The highest BCUT2D eigenvalue weighted by molar-refractivity contribution is 6.03. The molecule has 3 rings (SSSR count). The minimum absolute atomic E-state index is 0.0239. The van der Waals surface area contributed by atoms with Crippen molar-refractivity contribution in [2.24, 2.45) is 0 Å². The van der Waals surface area contributed by atoms with E-state index in [1.54, 1.807) is 0 Å². The number of rotatable bonds is 4. The van der Waals surface area contributed by atoms with E-state index in [-0.39, 0.29) is 11.4 Å². The van der Waals surface area contributed by atoms with Gasteiger partial charge in [0.2, 0.25) is 0 Å². The summed E-state index contributed by atoms with van der Waals surface area (Å²) in [5.41, 5.74) is -0.0169. The summed E-state index contributed by atoms with van der Waals surface area (Å²) in [7, 11) is 0. The van der Waals surface area contributed by atoms with Crippen LogP contribution in [0.15, 0.2) is 67.0 Å². The van der Waals surface area contributed by atoms with Crippen LogP contribution in [0.5, 0.6) is 0 Å². The van der Waals surface area contributed by atoms with E-state index in [9.17, 15) is 18.0 Å². The number of carbonyl (C=O) groups is 1. The van der Waals surface area contributed by atoms with Crippen molar-refractivity contribution in [3.05, 3.63) is 78.2 Å². The molecule has 5 nitrogen and oxygen atoms in total. The Morgan fingerprint density at radius 2 is 1.62 bits per heavy atom. The van der Waals surface area contributed by atoms with Crippen LogP contribution in [-0.2, 0) is 6.18 Å². The molecule has 26 heavy (non-hydrogen) atoms. The number of alkyl halides is 3. The lowest BCUT2D eigenvalue weighted by Crippen LogP contribution is -2.15. The molecule has 0 aliphatic heterocycles. The number of halogens is 3. The number of nitrogens with one attached hydrogen (secondary N) is 2. The number of hydrogen-bond donors (Lipinski definition) is 2. The molecule has 1 heterocycles. The molecule has 0 aliphatic carbocycles. The molecule has 0 unspecified atom stereocenters. The predicted octanol–water partition coefficient (Wildman–Crippen LogP) is 4.49. The van der Waals surface area contributed by atoms with Crippen molar-refractivity contribution in [3.8, 4) is 0 Å². The van der Waals surface area contributed by atoms with Gasteiger partial charge < -0.3 is 10.6 Å². The highest BCUT2D eigenvalue weighted by Gasteiger charge is 2.30. The smallest absolute Gasteiger partial charge is 0.340 e. The normalized spacial score (nSPS) is 11.0. The topological polar surface area (TPSA) is 66.9 Å². The van der Waals surface area contributed by atoms with Crippen LogP contribution >= 0.6 is 0 Å².